The van der Waals surface area contributed by atoms with Crippen LogP contribution in [-0.4, -0.2) is 25.0 Å². The molecule has 1 saturated heterocycles. The van der Waals surface area contributed by atoms with E-state index < -0.39 is 0 Å². The summed E-state index contributed by atoms with van der Waals surface area (Å²) in [6, 6.07) is 7.50. The third kappa shape index (κ3) is 2.31. The predicted octanol–water partition coefficient (Wildman–Crippen LogP) is 1.68. The van der Waals surface area contributed by atoms with E-state index >= 15 is 0 Å². The number of carbonyl (C=O) groups is 1. The first-order chi connectivity index (χ1) is 8.24. The van der Waals surface area contributed by atoms with Crippen LogP contribution in [0.2, 0.25) is 5.02 Å². The molecule has 1 aromatic carbocycles. The van der Waals surface area contributed by atoms with Gasteiger partial charge in [-0.15, -0.1) is 0 Å². The number of hydrogen-bond donors (Lipinski definition) is 2. The van der Waals surface area contributed by atoms with Gasteiger partial charge in [-0.1, -0.05) is 17.7 Å². The van der Waals surface area contributed by atoms with Gasteiger partial charge < -0.3 is 10.6 Å². The van der Waals surface area contributed by atoms with Crippen molar-refractivity contribution < 1.29 is 4.79 Å². The molecule has 0 radical (unpaired) electrons. The van der Waals surface area contributed by atoms with Gasteiger partial charge in [0.15, 0.2) is 0 Å². The van der Waals surface area contributed by atoms with E-state index in [4.69, 9.17) is 11.6 Å². The van der Waals surface area contributed by atoms with Gasteiger partial charge in [0.2, 0.25) is 0 Å². The summed E-state index contributed by atoms with van der Waals surface area (Å²) < 4.78 is 0. The monoisotopic (exact) mass is 250 g/mol. The van der Waals surface area contributed by atoms with Crippen LogP contribution in [0.4, 0.5) is 0 Å². The first-order valence-corrected chi connectivity index (χ1v) is 6.39. The summed E-state index contributed by atoms with van der Waals surface area (Å²) in [5, 5.41) is 6.99. The maximum absolute atomic E-state index is 11.9. The highest BCUT2D eigenvalue weighted by Crippen LogP contribution is 2.44. The first-order valence-electron chi connectivity index (χ1n) is 6.01. The number of halogens is 1. The van der Waals surface area contributed by atoms with E-state index in [0.717, 1.165) is 18.4 Å². The molecule has 90 valence electrons. The van der Waals surface area contributed by atoms with Gasteiger partial charge in [0, 0.05) is 23.2 Å². The van der Waals surface area contributed by atoms with Crippen LogP contribution in [0.25, 0.3) is 0 Å². The Hall–Kier alpha value is -1.06. The average molecular weight is 251 g/mol. The minimum atomic E-state index is -0.0431. The number of carbonyl (C=O) groups excluding carboxylic acids is 1. The standard InChI is InChI=1S/C13H15ClN2O/c14-10-3-1-2-8(4-10)13(17)16-7-12-11-5-9(11)6-15-12/h1-4,9,11-12,15H,5-7H2,(H,16,17). The number of rotatable bonds is 3. The largest absolute Gasteiger partial charge is 0.350 e. The highest BCUT2D eigenvalue weighted by Gasteiger charge is 2.47. The summed E-state index contributed by atoms with van der Waals surface area (Å²) in [6.45, 7) is 1.83. The Morgan fingerprint density at radius 1 is 1.53 bits per heavy atom. The van der Waals surface area contributed by atoms with Crippen molar-refractivity contribution in [1.29, 1.82) is 0 Å². The number of piperidine rings is 1. The van der Waals surface area contributed by atoms with E-state index in [1.165, 1.54) is 6.42 Å². The van der Waals surface area contributed by atoms with Gasteiger partial charge >= 0.3 is 0 Å². The lowest BCUT2D eigenvalue weighted by atomic mass is 10.2. The molecule has 0 spiro atoms. The van der Waals surface area contributed by atoms with Crippen molar-refractivity contribution in [3.63, 3.8) is 0 Å². The molecule has 0 bridgehead atoms. The van der Waals surface area contributed by atoms with Crippen molar-refractivity contribution in [3.05, 3.63) is 34.9 Å². The van der Waals surface area contributed by atoms with Crippen LogP contribution in [0, 0.1) is 11.8 Å². The van der Waals surface area contributed by atoms with Crippen LogP contribution < -0.4 is 10.6 Å². The van der Waals surface area contributed by atoms with E-state index in [1.807, 2.05) is 0 Å². The normalized spacial score (nSPS) is 29.8. The van der Waals surface area contributed by atoms with Crippen LogP contribution in [0.15, 0.2) is 24.3 Å². The molecule has 3 atom stereocenters. The van der Waals surface area contributed by atoms with Gasteiger partial charge in [0.25, 0.3) is 5.91 Å². The van der Waals surface area contributed by atoms with Crippen molar-refractivity contribution in [2.24, 2.45) is 11.8 Å². The third-order valence-corrected chi connectivity index (χ3v) is 3.94. The maximum atomic E-state index is 11.9. The Morgan fingerprint density at radius 3 is 3.06 bits per heavy atom. The van der Waals surface area contributed by atoms with Gasteiger partial charge in [0.05, 0.1) is 0 Å². The summed E-state index contributed by atoms with van der Waals surface area (Å²) >= 11 is 5.85. The van der Waals surface area contributed by atoms with Crippen LogP contribution in [0.1, 0.15) is 16.8 Å². The van der Waals surface area contributed by atoms with E-state index in [2.05, 4.69) is 10.6 Å². The molecule has 1 aromatic rings. The minimum absolute atomic E-state index is 0.0431. The van der Waals surface area contributed by atoms with Crippen LogP contribution in [0.5, 0.6) is 0 Å². The molecular formula is C13H15ClN2O. The molecule has 1 aliphatic carbocycles. The Balaban J connectivity index is 1.56. The molecule has 2 fully saturated rings. The zero-order valence-corrected chi connectivity index (χ0v) is 10.2. The third-order valence-electron chi connectivity index (χ3n) is 3.71. The highest BCUT2D eigenvalue weighted by atomic mass is 35.5. The second-order valence-corrected chi connectivity index (χ2v) is 5.33. The van der Waals surface area contributed by atoms with Crippen LogP contribution >= 0.6 is 11.6 Å². The highest BCUT2D eigenvalue weighted by molar-refractivity contribution is 6.30. The lowest BCUT2D eigenvalue weighted by molar-refractivity contribution is 0.0949. The van der Waals surface area contributed by atoms with E-state index in [9.17, 15) is 4.79 Å². The summed E-state index contributed by atoms with van der Waals surface area (Å²) in [6.07, 6.45) is 1.32. The molecule has 1 aliphatic heterocycles. The number of hydrogen-bond acceptors (Lipinski definition) is 2. The molecule has 4 heteroatoms. The second-order valence-electron chi connectivity index (χ2n) is 4.89. The lowest BCUT2D eigenvalue weighted by Crippen LogP contribution is -2.39. The van der Waals surface area contributed by atoms with E-state index in [1.54, 1.807) is 24.3 Å². The van der Waals surface area contributed by atoms with Gasteiger partial charge in [-0.2, -0.15) is 0 Å². The number of benzene rings is 1. The van der Waals surface area contributed by atoms with Gasteiger partial charge in [-0.3, -0.25) is 4.79 Å². The zero-order chi connectivity index (χ0) is 11.8. The molecule has 1 amide bonds. The fourth-order valence-electron chi connectivity index (χ4n) is 2.61. The Labute approximate surface area is 106 Å². The van der Waals surface area contributed by atoms with Crippen molar-refractivity contribution in [2.45, 2.75) is 12.5 Å². The number of fused-ring (bicyclic) bond motifs is 1. The Bertz CT molecular complexity index is 449. The molecule has 3 unspecified atom stereocenters. The fourth-order valence-corrected chi connectivity index (χ4v) is 2.80. The summed E-state index contributed by atoms with van der Waals surface area (Å²) in [5.41, 5.74) is 0.628. The molecule has 0 aromatic heterocycles. The van der Waals surface area contributed by atoms with Crippen LogP contribution in [0.3, 0.4) is 0 Å². The van der Waals surface area contributed by atoms with Crippen LogP contribution in [-0.2, 0) is 0 Å². The average Bonchev–Trinajstić information content (AvgIpc) is 3.00. The van der Waals surface area contributed by atoms with Crippen molar-refractivity contribution in [2.75, 3.05) is 13.1 Å². The molecule has 3 rings (SSSR count). The zero-order valence-electron chi connectivity index (χ0n) is 9.45. The van der Waals surface area contributed by atoms with Crippen molar-refractivity contribution in [3.8, 4) is 0 Å². The quantitative estimate of drug-likeness (QED) is 0.857. The van der Waals surface area contributed by atoms with Gasteiger partial charge in [-0.05, 0) is 43.0 Å². The molecule has 3 nitrogen and oxygen atoms in total. The van der Waals surface area contributed by atoms with Gasteiger partial charge in [-0.25, -0.2) is 0 Å². The second kappa shape index (κ2) is 4.31. The molecule has 17 heavy (non-hydrogen) atoms. The van der Waals surface area contributed by atoms with Gasteiger partial charge in [0.1, 0.15) is 0 Å². The number of amides is 1. The molecule has 1 heterocycles. The first kappa shape index (κ1) is 11.1. The fraction of sp³-hybridized carbons (Fsp3) is 0.462. The molecule has 1 saturated carbocycles. The molecule has 2 aliphatic rings. The van der Waals surface area contributed by atoms with Crippen molar-refractivity contribution >= 4 is 17.5 Å². The van der Waals surface area contributed by atoms with E-state index in [0.29, 0.717) is 23.2 Å². The topological polar surface area (TPSA) is 41.1 Å². The SMILES string of the molecule is O=C(NCC1NCC2CC21)c1cccc(Cl)c1. The minimum Gasteiger partial charge on any atom is -0.350 e. The number of nitrogens with one attached hydrogen (secondary N) is 2. The maximum Gasteiger partial charge on any atom is 0.251 e. The summed E-state index contributed by atoms with van der Waals surface area (Å²) in [5.74, 6) is 1.61. The smallest absolute Gasteiger partial charge is 0.251 e. The summed E-state index contributed by atoms with van der Waals surface area (Å²) in [7, 11) is 0. The Morgan fingerprint density at radius 2 is 2.41 bits per heavy atom. The summed E-state index contributed by atoms with van der Waals surface area (Å²) in [4.78, 5) is 11.9. The van der Waals surface area contributed by atoms with E-state index in [-0.39, 0.29) is 5.91 Å². The predicted molar refractivity (Wildman–Crippen MR) is 67.2 cm³/mol. The molecular weight excluding hydrogens is 236 g/mol. The van der Waals surface area contributed by atoms with Crippen molar-refractivity contribution in [1.82, 2.24) is 10.6 Å². The molecule has 2 N–H and O–H groups in total. The lowest BCUT2D eigenvalue weighted by Gasteiger charge is -2.14. The Kier molecular flexibility index (Phi) is 2.81.